The summed E-state index contributed by atoms with van der Waals surface area (Å²) in [5.74, 6) is 2.93. The van der Waals surface area contributed by atoms with Gasteiger partial charge in [0.15, 0.2) is 0 Å². The number of thioether (sulfide) groups is 1. The van der Waals surface area contributed by atoms with Crippen LogP contribution in [0.3, 0.4) is 0 Å². The minimum Gasteiger partial charge on any atom is -0.447 e. The Balaban J connectivity index is 1.01. The molecule has 4 saturated carbocycles. The maximum atomic E-state index is 13.5. The summed E-state index contributed by atoms with van der Waals surface area (Å²) in [5, 5.41) is 41.7. The lowest BCUT2D eigenvalue weighted by Crippen LogP contribution is -2.71. The van der Waals surface area contributed by atoms with Gasteiger partial charge in [0.25, 0.3) is 11.8 Å². The summed E-state index contributed by atoms with van der Waals surface area (Å²) in [6.07, 6.45) is 9.96. The molecule has 5 fully saturated rings. The van der Waals surface area contributed by atoms with Crippen molar-refractivity contribution in [1.29, 1.82) is 0 Å². The van der Waals surface area contributed by atoms with E-state index in [1.807, 2.05) is 6.92 Å². The number of carbonyl (C=O) groups excluding carboxylic acids is 4. The Kier molecular flexibility index (Phi) is 13.4. The number of aliphatic hydroxyl groups is 3. The molecule has 14 heteroatoms. The van der Waals surface area contributed by atoms with E-state index in [0.717, 1.165) is 38.5 Å². The number of nitrogens with one attached hydrogen (secondary N) is 3. The summed E-state index contributed by atoms with van der Waals surface area (Å²) in [5.41, 5.74) is 0.530. The number of fused-ring (bicyclic) bond motifs is 6. The maximum Gasteiger partial charge on any atom is 0.408 e. The third-order valence-electron chi connectivity index (χ3n) is 14.8. The van der Waals surface area contributed by atoms with Crippen LogP contribution in [-0.2, 0) is 23.9 Å². The van der Waals surface area contributed by atoms with Crippen LogP contribution in [0.2, 0.25) is 0 Å². The van der Waals surface area contributed by atoms with Crippen molar-refractivity contribution in [3.05, 3.63) is 11.3 Å². The van der Waals surface area contributed by atoms with Crippen LogP contribution in [0.1, 0.15) is 105 Å². The summed E-state index contributed by atoms with van der Waals surface area (Å²) in [7, 11) is 0. The first-order valence-corrected chi connectivity index (χ1v) is 21.9. The van der Waals surface area contributed by atoms with E-state index in [2.05, 4.69) is 42.6 Å². The second-order valence-corrected chi connectivity index (χ2v) is 19.1. The average Bonchev–Trinajstić information content (AvgIpc) is 3.52. The molecule has 56 heavy (non-hydrogen) atoms. The molecule has 2 heterocycles. The van der Waals surface area contributed by atoms with E-state index in [1.165, 1.54) is 16.7 Å². The molecular formula is C42H64N4O9S. The van der Waals surface area contributed by atoms with Crippen LogP contribution >= 0.6 is 11.8 Å². The smallest absolute Gasteiger partial charge is 0.408 e. The highest BCUT2D eigenvalue weighted by Gasteiger charge is 2.65. The molecule has 3 unspecified atom stereocenters. The average molecular weight is 801 g/mol. The normalized spacial score (nSPS) is 38.4. The number of aliphatic hydroxyl groups excluding tert-OH is 3. The Morgan fingerprint density at radius 3 is 2.55 bits per heavy atom. The van der Waals surface area contributed by atoms with Gasteiger partial charge in [-0.2, -0.15) is 0 Å². The van der Waals surface area contributed by atoms with Crippen LogP contribution in [0.15, 0.2) is 11.3 Å². The second-order valence-electron chi connectivity index (χ2n) is 18.0. The Bertz CT molecular complexity index is 1570. The van der Waals surface area contributed by atoms with Gasteiger partial charge in [-0.05, 0) is 117 Å². The molecule has 4 aliphatic carbocycles. The standard InChI is InChI=1S/C42H64N4O9S/c1-7-9-32(44-40(53)55-18-17-54-16-8-2)43-37(51)36-24(4)22-56-39-35(38(52)46(36)39)45-33(50)13-10-23(3)27-11-12-28-34-29(21-31(49)42(27,28)6)41(5)15-14-26(47)19-25(41)20-30(34)48/h1,23,25-32,34-35,39,47-49H,8-22H2,2-6H3,(H,43,51)(H,44,53)(H,45,50)/t23-,25+,26-,27-,28+,29+,30-,31+,32?,34+,35?,39?,41+,42-/m1/s1. The number of hydrogen-bond donors (Lipinski definition) is 6. The van der Waals surface area contributed by atoms with E-state index in [0.29, 0.717) is 37.2 Å². The Labute approximate surface area is 336 Å². The topological polar surface area (TPSA) is 187 Å². The molecule has 0 spiro atoms. The molecule has 6 N–H and O–H groups in total. The fraction of sp³-hybridized carbons (Fsp3) is 0.810. The molecular weight excluding hydrogens is 737 g/mol. The van der Waals surface area contributed by atoms with Crippen molar-refractivity contribution in [3.63, 3.8) is 0 Å². The second kappa shape index (κ2) is 17.6. The summed E-state index contributed by atoms with van der Waals surface area (Å²) < 4.78 is 10.4. The number of alkyl carbamates (subject to hydrolysis) is 1. The van der Waals surface area contributed by atoms with Crippen molar-refractivity contribution < 1.29 is 44.0 Å². The zero-order valence-electron chi connectivity index (χ0n) is 33.8. The molecule has 4 amide bonds. The molecule has 0 aromatic heterocycles. The molecule has 1 saturated heterocycles. The predicted octanol–water partition coefficient (Wildman–Crippen LogP) is 3.66. The van der Waals surface area contributed by atoms with Gasteiger partial charge in [0.1, 0.15) is 29.9 Å². The number of nitrogens with zero attached hydrogens (tertiary/aromatic N) is 1. The van der Waals surface area contributed by atoms with Crippen LogP contribution in [-0.4, -0.2) is 106 Å². The van der Waals surface area contributed by atoms with Crippen molar-refractivity contribution >= 4 is 35.6 Å². The quantitative estimate of drug-likeness (QED) is 0.0656. The van der Waals surface area contributed by atoms with Gasteiger partial charge in [0.2, 0.25) is 5.91 Å². The van der Waals surface area contributed by atoms with E-state index in [1.54, 1.807) is 6.92 Å². The van der Waals surface area contributed by atoms with E-state index < -0.39 is 41.8 Å². The van der Waals surface area contributed by atoms with Gasteiger partial charge in [-0.25, -0.2) is 4.79 Å². The van der Waals surface area contributed by atoms with E-state index in [4.69, 9.17) is 15.9 Å². The lowest BCUT2D eigenvalue weighted by Gasteiger charge is -2.63. The highest BCUT2D eigenvalue weighted by atomic mass is 32.2. The van der Waals surface area contributed by atoms with Gasteiger partial charge in [-0.1, -0.05) is 27.7 Å². The summed E-state index contributed by atoms with van der Waals surface area (Å²) in [6, 6.07) is -0.771. The minimum atomic E-state index is -0.928. The summed E-state index contributed by atoms with van der Waals surface area (Å²) in [4.78, 5) is 54.2. The number of rotatable bonds is 14. The zero-order valence-corrected chi connectivity index (χ0v) is 34.6. The fourth-order valence-corrected chi connectivity index (χ4v) is 13.1. The molecule has 0 radical (unpaired) electrons. The first kappa shape index (κ1) is 42.8. The summed E-state index contributed by atoms with van der Waals surface area (Å²) >= 11 is 1.48. The van der Waals surface area contributed by atoms with Gasteiger partial charge in [0, 0.05) is 25.2 Å². The molecule has 0 aromatic rings. The number of carbonyl (C=O) groups is 4. The van der Waals surface area contributed by atoms with Crippen LogP contribution < -0.4 is 16.0 Å². The van der Waals surface area contributed by atoms with E-state index in [9.17, 15) is 34.5 Å². The first-order chi connectivity index (χ1) is 26.6. The lowest BCUT2D eigenvalue weighted by molar-refractivity contribution is -0.207. The number of amides is 4. The molecule has 14 atom stereocenters. The summed E-state index contributed by atoms with van der Waals surface area (Å²) in [6.45, 7) is 11.3. The van der Waals surface area contributed by atoms with Crippen molar-refractivity contribution in [3.8, 4) is 12.3 Å². The van der Waals surface area contributed by atoms with E-state index >= 15 is 0 Å². The number of terminal acetylenes is 1. The van der Waals surface area contributed by atoms with Gasteiger partial charge in [0.05, 0.1) is 24.9 Å². The van der Waals surface area contributed by atoms with Gasteiger partial charge in [-0.3, -0.25) is 19.3 Å². The Hall–Kier alpha value is -2.83. The molecule has 6 rings (SSSR count). The monoisotopic (exact) mass is 800 g/mol. The molecule has 6 aliphatic rings. The third kappa shape index (κ3) is 8.09. The van der Waals surface area contributed by atoms with Crippen LogP contribution in [0.5, 0.6) is 0 Å². The highest BCUT2D eigenvalue weighted by Crippen LogP contribution is 2.68. The van der Waals surface area contributed by atoms with Crippen LogP contribution in [0.4, 0.5) is 4.79 Å². The fourth-order valence-electron chi connectivity index (χ4n) is 11.8. The lowest BCUT2D eigenvalue weighted by atomic mass is 9.43. The van der Waals surface area contributed by atoms with Crippen molar-refractivity contribution in [1.82, 2.24) is 20.9 Å². The predicted molar refractivity (Wildman–Crippen MR) is 211 cm³/mol. The highest BCUT2D eigenvalue weighted by molar-refractivity contribution is 8.00. The molecule has 13 nitrogen and oxygen atoms in total. The Morgan fingerprint density at radius 1 is 1.05 bits per heavy atom. The molecule has 0 bridgehead atoms. The van der Waals surface area contributed by atoms with Gasteiger partial charge in [-0.15, -0.1) is 24.1 Å². The van der Waals surface area contributed by atoms with Crippen molar-refractivity contribution in [2.24, 2.45) is 46.3 Å². The SMILES string of the molecule is C#CCC(NC(=O)OCCOCCC)NC(=O)C1=C(C)CSC2C(NC(=O)CC[C@@H](C)[C@H]3CC[C@H]4[C@@H]5[C@H](O)C[C@@H]6C[C@H](O)CC[C@]6(C)[C@H]5C[C@H](O)[C@]34C)C(=O)N12. The number of hydrogen-bond acceptors (Lipinski definition) is 10. The first-order valence-electron chi connectivity index (χ1n) is 20.9. The number of ether oxygens (including phenoxy) is 2. The van der Waals surface area contributed by atoms with Crippen molar-refractivity contribution in [2.45, 2.75) is 141 Å². The molecule has 0 aromatic carbocycles. The third-order valence-corrected chi connectivity index (χ3v) is 16.2. The number of β-lactam (4-membered cyclic amide) rings is 1. The van der Waals surface area contributed by atoms with Gasteiger partial charge >= 0.3 is 6.09 Å². The van der Waals surface area contributed by atoms with Crippen LogP contribution in [0, 0.1) is 58.7 Å². The van der Waals surface area contributed by atoms with Gasteiger partial charge < -0.3 is 40.7 Å². The zero-order chi connectivity index (χ0) is 40.5. The van der Waals surface area contributed by atoms with Crippen molar-refractivity contribution in [2.75, 3.05) is 25.6 Å². The Morgan fingerprint density at radius 2 is 1.82 bits per heavy atom. The molecule has 312 valence electrons. The molecule has 2 aliphatic heterocycles. The maximum absolute atomic E-state index is 13.5. The van der Waals surface area contributed by atoms with Crippen LogP contribution in [0.25, 0.3) is 0 Å². The minimum absolute atomic E-state index is 0.00294. The van der Waals surface area contributed by atoms with E-state index in [-0.39, 0.29) is 96.0 Å². The largest absolute Gasteiger partial charge is 0.447 e.